The molecule has 0 radical (unpaired) electrons. The number of nitrogens with two attached hydrogens (primary N) is 1. The fourth-order valence-electron chi connectivity index (χ4n) is 2.82. The first-order chi connectivity index (χ1) is 9.15. The van der Waals surface area contributed by atoms with E-state index < -0.39 is 0 Å². The first kappa shape index (κ1) is 16.8. The number of amides is 1. The highest BCUT2D eigenvalue weighted by Gasteiger charge is 2.21. The van der Waals surface area contributed by atoms with Gasteiger partial charge in [0.25, 0.3) is 0 Å². The van der Waals surface area contributed by atoms with Crippen molar-refractivity contribution in [3.63, 3.8) is 0 Å². The molecule has 1 saturated carbocycles. The van der Waals surface area contributed by atoms with Gasteiger partial charge in [0.15, 0.2) is 0 Å². The first-order valence-electron chi connectivity index (χ1n) is 7.26. The monoisotopic (exact) mass is 296 g/mol. The van der Waals surface area contributed by atoms with Crippen LogP contribution < -0.4 is 11.1 Å². The minimum absolute atomic E-state index is 0. The second kappa shape index (κ2) is 8.15. The zero-order chi connectivity index (χ0) is 13.7. The van der Waals surface area contributed by atoms with E-state index in [0.717, 1.165) is 23.7 Å². The van der Waals surface area contributed by atoms with E-state index in [1.54, 1.807) is 0 Å². The van der Waals surface area contributed by atoms with Crippen LogP contribution in [0.5, 0.6) is 0 Å². The number of nitrogens with one attached hydrogen (secondary N) is 1. The Bertz CT molecular complexity index is 419. The van der Waals surface area contributed by atoms with Crippen molar-refractivity contribution < 1.29 is 4.79 Å². The summed E-state index contributed by atoms with van der Waals surface area (Å²) in [6.45, 7) is 3.13. The van der Waals surface area contributed by atoms with E-state index in [0.29, 0.717) is 12.3 Å². The zero-order valence-electron chi connectivity index (χ0n) is 12.1. The smallest absolute Gasteiger partial charge is 0.224 e. The van der Waals surface area contributed by atoms with Gasteiger partial charge in [-0.15, -0.1) is 12.4 Å². The minimum Gasteiger partial charge on any atom is -0.399 e. The molecule has 0 aromatic heterocycles. The lowest BCUT2D eigenvalue weighted by atomic mass is 9.80. The topological polar surface area (TPSA) is 55.1 Å². The maximum Gasteiger partial charge on any atom is 0.224 e. The molecule has 3 nitrogen and oxygen atoms in total. The van der Waals surface area contributed by atoms with Crippen molar-refractivity contribution in [3.05, 3.63) is 29.8 Å². The molecule has 0 spiro atoms. The maximum absolute atomic E-state index is 11.9. The molecule has 1 aromatic carbocycles. The van der Waals surface area contributed by atoms with Crippen molar-refractivity contribution in [2.45, 2.75) is 39.0 Å². The third-order valence-electron chi connectivity index (χ3n) is 4.19. The zero-order valence-corrected chi connectivity index (χ0v) is 12.9. The van der Waals surface area contributed by atoms with Crippen LogP contribution in [0, 0.1) is 11.8 Å². The van der Waals surface area contributed by atoms with Crippen molar-refractivity contribution in [2.75, 3.05) is 12.3 Å². The van der Waals surface area contributed by atoms with Gasteiger partial charge in [0, 0.05) is 12.2 Å². The van der Waals surface area contributed by atoms with Crippen LogP contribution >= 0.6 is 12.4 Å². The van der Waals surface area contributed by atoms with Gasteiger partial charge in [-0.25, -0.2) is 0 Å². The lowest BCUT2D eigenvalue weighted by Gasteiger charge is -2.28. The standard InChI is InChI=1S/C16H24N2O.ClH/c1-12-4-2-3-5-14(12)11-18-16(19)10-13-6-8-15(17)9-7-13;/h6-9,12,14H,2-5,10-11,17H2,1H3,(H,18,19);1H. The summed E-state index contributed by atoms with van der Waals surface area (Å²) in [6.07, 6.45) is 5.66. The summed E-state index contributed by atoms with van der Waals surface area (Å²) in [6, 6.07) is 7.51. The highest BCUT2D eigenvalue weighted by atomic mass is 35.5. The summed E-state index contributed by atoms with van der Waals surface area (Å²) in [5.74, 6) is 1.51. The summed E-state index contributed by atoms with van der Waals surface area (Å²) in [5.41, 5.74) is 7.38. The van der Waals surface area contributed by atoms with Crippen LogP contribution in [-0.2, 0) is 11.2 Å². The molecule has 1 aliphatic rings. The van der Waals surface area contributed by atoms with Gasteiger partial charge in [0.2, 0.25) is 5.91 Å². The largest absolute Gasteiger partial charge is 0.399 e. The first-order valence-corrected chi connectivity index (χ1v) is 7.26. The number of hydrogen-bond donors (Lipinski definition) is 2. The van der Waals surface area contributed by atoms with E-state index in [1.807, 2.05) is 24.3 Å². The van der Waals surface area contributed by atoms with Gasteiger partial charge in [-0.05, 0) is 36.0 Å². The lowest BCUT2D eigenvalue weighted by molar-refractivity contribution is -0.120. The molecule has 2 atom stereocenters. The molecule has 2 rings (SSSR count). The van der Waals surface area contributed by atoms with E-state index in [1.165, 1.54) is 25.7 Å². The van der Waals surface area contributed by atoms with Gasteiger partial charge >= 0.3 is 0 Å². The minimum atomic E-state index is 0. The van der Waals surface area contributed by atoms with Crippen molar-refractivity contribution in [1.29, 1.82) is 0 Å². The molecule has 112 valence electrons. The van der Waals surface area contributed by atoms with Crippen molar-refractivity contribution in [3.8, 4) is 0 Å². The molecule has 1 amide bonds. The Morgan fingerprint density at radius 2 is 1.90 bits per heavy atom. The fourth-order valence-corrected chi connectivity index (χ4v) is 2.82. The van der Waals surface area contributed by atoms with Crippen molar-refractivity contribution >= 4 is 24.0 Å². The van der Waals surface area contributed by atoms with Gasteiger partial charge in [-0.3, -0.25) is 4.79 Å². The SMILES string of the molecule is CC1CCCCC1CNC(=O)Cc1ccc(N)cc1.Cl. The summed E-state index contributed by atoms with van der Waals surface area (Å²) < 4.78 is 0. The third-order valence-corrected chi connectivity index (χ3v) is 4.19. The van der Waals surface area contributed by atoms with Gasteiger partial charge < -0.3 is 11.1 Å². The molecule has 0 heterocycles. The molecule has 0 saturated heterocycles. The Morgan fingerprint density at radius 1 is 1.25 bits per heavy atom. The van der Waals surface area contributed by atoms with Gasteiger partial charge in [0.1, 0.15) is 0 Å². The Kier molecular flexibility index (Phi) is 6.86. The van der Waals surface area contributed by atoms with Gasteiger partial charge in [-0.2, -0.15) is 0 Å². The Morgan fingerprint density at radius 3 is 2.55 bits per heavy atom. The molecule has 1 aromatic rings. The molecule has 1 fully saturated rings. The number of rotatable bonds is 4. The molecule has 0 bridgehead atoms. The van der Waals surface area contributed by atoms with Crippen molar-refractivity contribution in [1.82, 2.24) is 5.32 Å². The van der Waals surface area contributed by atoms with Crippen LogP contribution in [-0.4, -0.2) is 12.5 Å². The number of benzene rings is 1. The van der Waals surface area contributed by atoms with Crippen LogP contribution in [0.15, 0.2) is 24.3 Å². The number of carbonyl (C=O) groups is 1. The lowest BCUT2D eigenvalue weighted by Crippen LogP contribution is -2.34. The average molecular weight is 297 g/mol. The Labute approximate surface area is 127 Å². The quantitative estimate of drug-likeness (QED) is 0.839. The van der Waals surface area contributed by atoms with E-state index >= 15 is 0 Å². The van der Waals surface area contributed by atoms with Crippen LogP contribution in [0.2, 0.25) is 0 Å². The number of halogens is 1. The van der Waals surface area contributed by atoms with E-state index in [9.17, 15) is 4.79 Å². The number of anilines is 1. The van der Waals surface area contributed by atoms with Crippen molar-refractivity contribution in [2.24, 2.45) is 11.8 Å². The second-order valence-corrected chi connectivity index (χ2v) is 5.74. The van der Waals surface area contributed by atoms with Crippen LogP contribution in [0.25, 0.3) is 0 Å². The molecule has 20 heavy (non-hydrogen) atoms. The number of carbonyl (C=O) groups excluding carboxylic acids is 1. The summed E-state index contributed by atoms with van der Waals surface area (Å²) in [4.78, 5) is 11.9. The average Bonchev–Trinajstić information content (AvgIpc) is 2.40. The normalized spacial score (nSPS) is 21.9. The molecule has 4 heteroatoms. The molecule has 3 N–H and O–H groups in total. The molecular weight excluding hydrogens is 272 g/mol. The summed E-state index contributed by atoms with van der Waals surface area (Å²) in [5, 5.41) is 3.08. The predicted octanol–water partition coefficient (Wildman–Crippen LogP) is 3.18. The van der Waals surface area contributed by atoms with E-state index in [4.69, 9.17) is 5.73 Å². The fraction of sp³-hybridized carbons (Fsp3) is 0.562. The summed E-state index contributed by atoms with van der Waals surface area (Å²) >= 11 is 0. The van der Waals surface area contributed by atoms with E-state index in [-0.39, 0.29) is 18.3 Å². The number of hydrogen-bond acceptors (Lipinski definition) is 2. The van der Waals surface area contributed by atoms with Crippen LogP contribution in [0.1, 0.15) is 38.2 Å². The number of nitrogen functional groups attached to an aromatic ring is 1. The highest BCUT2D eigenvalue weighted by Crippen LogP contribution is 2.28. The Balaban J connectivity index is 0.00000200. The van der Waals surface area contributed by atoms with Crippen LogP contribution in [0.3, 0.4) is 0 Å². The summed E-state index contributed by atoms with van der Waals surface area (Å²) in [7, 11) is 0. The van der Waals surface area contributed by atoms with Gasteiger partial charge in [-0.1, -0.05) is 38.3 Å². The van der Waals surface area contributed by atoms with Gasteiger partial charge in [0.05, 0.1) is 6.42 Å². The highest BCUT2D eigenvalue weighted by molar-refractivity contribution is 5.85. The Hall–Kier alpha value is -1.22. The maximum atomic E-state index is 11.9. The molecule has 0 aliphatic heterocycles. The third kappa shape index (κ3) is 5.04. The molecule has 1 aliphatic carbocycles. The van der Waals surface area contributed by atoms with E-state index in [2.05, 4.69) is 12.2 Å². The predicted molar refractivity (Wildman–Crippen MR) is 85.9 cm³/mol. The van der Waals surface area contributed by atoms with Crippen LogP contribution in [0.4, 0.5) is 5.69 Å². The molecule has 2 unspecified atom stereocenters. The molecular formula is C16H25ClN2O. The second-order valence-electron chi connectivity index (χ2n) is 5.74.